The van der Waals surface area contributed by atoms with Crippen molar-refractivity contribution in [3.05, 3.63) is 27.9 Å². The molecule has 0 aromatic carbocycles. The average molecular weight is 292 g/mol. The Kier molecular flexibility index (Phi) is 3.79. The number of amidine groups is 1. The van der Waals surface area contributed by atoms with Gasteiger partial charge in [-0.15, -0.1) is 11.3 Å². The zero-order chi connectivity index (χ0) is 13.9. The highest BCUT2D eigenvalue weighted by Gasteiger charge is 2.31. The summed E-state index contributed by atoms with van der Waals surface area (Å²) in [7, 11) is 0. The molecule has 0 aliphatic carbocycles. The van der Waals surface area contributed by atoms with E-state index in [0.717, 1.165) is 29.6 Å². The highest BCUT2D eigenvalue weighted by Crippen LogP contribution is 2.24. The fourth-order valence-electron chi connectivity index (χ4n) is 2.38. The number of hydrogen-bond acceptors (Lipinski definition) is 7. The number of nitrogens with one attached hydrogen (secondary N) is 1. The summed E-state index contributed by atoms with van der Waals surface area (Å²) in [6.45, 7) is 4.87. The van der Waals surface area contributed by atoms with Crippen molar-refractivity contribution in [1.29, 1.82) is 0 Å². The summed E-state index contributed by atoms with van der Waals surface area (Å²) in [5, 5.41) is 6.13. The number of aromatic nitrogens is 1. The van der Waals surface area contributed by atoms with Gasteiger partial charge in [-0.1, -0.05) is 0 Å². The summed E-state index contributed by atoms with van der Waals surface area (Å²) < 4.78 is 5.12. The Balaban J connectivity index is 1.93. The van der Waals surface area contributed by atoms with Crippen molar-refractivity contribution in [2.45, 2.75) is 6.92 Å². The summed E-state index contributed by atoms with van der Waals surface area (Å²) in [6, 6.07) is 0. The number of esters is 1. The molecular weight excluding hydrogens is 276 g/mol. The summed E-state index contributed by atoms with van der Waals surface area (Å²) in [5.74, 6) is 0.600. The topological polar surface area (TPSA) is 66.8 Å². The van der Waals surface area contributed by atoms with Crippen molar-refractivity contribution >= 4 is 23.1 Å². The van der Waals surface area contributed by atoms with Crippen LogP contribution in [0, 0.1) is 0 Å². The molecule has 0 atom stereocenters. The Morgan fingerprint density at radius 1 is 1.60 bits per heavy atom. The monoisotopic (exact) mass is 292 g/mol. The van der Waals surface area contributed by atoms with Crippen LogP contribution in [0.1, 0.15) is 11.9 Å². The molecule has 1 aromatic rings. The molecule has 0 saturated carbocycles. The summed E-state index contributed by atoms with van der Waals surface area (Å²) in [6.07, 6.45) is 1.77. The molecule has 6 nitrogen and oxygen atoms in total. The van der Waals surface area contributed by atoms with Crippen LogP contribution in [0.5, 0.6) is 0 Å². The molecule has 0 amide bonds. The van der Waals surface area contributed by atoms with Crippen molar-refractivity contribution in [1.82, 2.24) is 15.2 Å². The second kappa shape index (κ2) is 5.72. The first-order valence-electron chi connectivity index (χ1n) is 6.63. The molecule has 2 aliphatic rings. The van der Waals surface area contributed by atoms with E-state index in [-0.39, 0.29) is 5.97 Å². The number of carbonyl (C=O) groups is 1. The van der Waals surface area contributed by atoms with E-state index in [0.29, 0.717) is 25.3 Å². The van der Waals surface area contributed by atoms with E-state index in [1.54, 1.807) is 17.5 Å². The normalized spacial score (nSPS) is 18.6. The third kappa shape index (κ3) is 2.34. The Hall–Kier alpha value is -1.73. The van der Waals surface area contributed by atoms with Crippen molar-refractivity contribution in [2.24, 2.45) is 4.99 Å². The lowest BCUT2D eigenvalue weighted by molar-refractivity contribution is -0.138. The standard InChI is InChI=1S/C13H16N4O2S/c1-2-19-13(18)9-7-16-11(12-15-4-6-20-12)17-5-3-14-8-10(9)17/h4,6,14H,2-3,5,7-8H2,1H3. The Bertz CT molecular complexity index is 565. The second-order valence-electron chi connectivity index (χ2n) is 4.45. The third-order valence-electron chi connectivity index (χ3n) is 3.27. The first kappa shape index (κ1) is 13.3. The molecule has 0 radical (unpaired) electrons. The van der Waals surface area contributed by atoms with Crippen molar-refractivity contribution in [2.75, 3.05) is 32.8 Å². The molecule has 0 spiro atoms. The van der Waals surface area contributed by atoms with Crippen LogP contribution >= 0.6 is 11.3 Å². The number of aliphatic imine (C=N–C) groups is 1. The van der Waals surface area contributed by atoms with E-state index < -0.39 is 0 Å². The number of nitrogens with zero attached hydrogens (tertiary/aromatic N) is 3. The van der Waals surface area contributed by atoms with E-state index in [4.69, 9.17) is 4.74 Å². The molecule has 7 heteroatoms. The molecule has 20 heavy (non-hydrogen) atoms. The maximum Gasteiger partial charge on any atom is 0.337 e. The van der Waals surface area contributed by atoms with Crippen molar-refractivity contribution in [3.8, 4) is 0 Å². The van der Waals surface area contributed by atoms with Gasteiger partial charge in [-0.2, -0.15) is 0 Å². The molecule has 1 aromatic heterocycles. The zero-order valence-electron chi connectivity index (χ0n) is 11.3. The summed E-state index contributed by atoms with van der Waals surface area (Å²) in [5.41, 5.74) is 1.62. The van der Waals surface area contributed by atoms with Crippen LogP contribution in [0.4, 0.5) is 0 Å². The van der Waals surface area contributed by atoms with Gasteiger partial charge in [0.25, 0.3) is 0 Å². The van der Waals surface area contributed by atoms with Gasteiger partial charge >= 0.3 is 5.97 Å². The maximum atomic E-state index is 12.0. The van der Waals surface area contributed by atoms with E-state index >= 15 is 0 Å². The predicted molar refractivity (Wildman–Crippen MR) is 76.8 cm³/mol. The van der Waals surface area contributed by atoms with Crippen LogP contribution in [-0.2, 0) is 9.53 Å². The van der Waals surface area contributed by atoms with Gasteiger partial charge in [0.2, 0.25) is 0 Å². The lowest BCUT2D eigenvalue weighted by atomic mass is 10.1. The lowest BCUT2D eigenvalue weighted by Crippen LogP contribution is -2.48. The van der Waals surface area contributed by atoms with Crippen LogP contribution in [0.3, 0.4) is 0 Å². The predicted octanol–water partition coefficient (Wildman–Crippen LogP) is 0.626. The van der Waals surface area contributed by atoms with E-state index in [9.17, 15) is 4.79 Å². The molecule has 3 rings (SSSR count). The molecule has 106 valence electrons. The number of rotatable bonds is 3. The highest BCUT2D eigenvalue weighted by molar-refractivity contribution is 7.11. The smallest absolute Gasteiger partial charge is 0.337 e. The van der Waals surface area contributed by atoms with Crippen LogP contribution in [0.15, 0.2) is 27.8 Å². The van der Waals surface area contributed by atoms with Gasteiger partial charge in [0, 0.05) is 36.9 Å². The minimum Gasteiger partial charge on any atom is -0.463 e. The molecule has 1 N–H and O–H groups in total. The van der Waals surface area contributed by atoms with Crippen molar-refractivity contribution in [3.63, 3.8) is 0 Å². The Morgan fingerprint density at radius 3 is 3.25 bits per heavy atom. The van der Waals surface area contributed by atoms with Gasteiger partial charge in [-0.3, -0.25) is 4.99 Å². The van der Waals surface area contributed by atoms with Crippen LogP contribution in [-0.4, -0.2) is 54.5 Å². The van der Waals surface area contributed by atoms with Crippen LogP contribution in [0.25, 0.3) is 0 Å². The van der Waals surface area contributed by atoms with Crippen LogP contribution in [0.2, 0.25) is 0 Å². The van der Waals surface area contributed by atoms with E-state index in [1.165, 1.54) is 0 Å². The maximum absolute atomic E-state index is 12.0. The molecule has 0 bridgehead atoms. The Morgan fingerprint density at radius 2 is 2.50 bits per heavy atom. The van der Waals surface area contributed by atoms with Crippen molar-refractivity contribution < 1.29 is 9.53 Å². The molecule has 2 aliphatic heterocycles. The average Bonchev–Trinajstić information content (AvgIpc) is 3.00. The minimum atomic E-state index is -0.266. The number of piperazine rings is 1. The van der Waals surface area contributed by atoms with E-state index in [1.807, 2.05) is 12.3 Å². The fraction of sp³-hybridized carbons (Fsp3) is 0.462. The second-order valence-corrected chi connectivity index (χ2v) is 5.35. The van der Waals surface area contributed by atoms with Gasteiger partial charge in [0.1, 0.15) is 0 Å². The number of hydrogen-bond donors (Lipinski definition) is 1. The quantitative estimate of drug-likeness (QED) is 0.828. The summed E-state index contributed by atoms with van der Waals surface area (Å²) >= 11 is 1.56. The number of fused-ring (bicyclic) bond motifs is 1. The fourth-order valence-corrected chi connectivity index (χ4v) is 3.03. The number of ether oxygens (including phenoxy) is 1. The summed E-state index contributed by atoms with van der Waals surface area (Å²) in [4.78, 5) is 23.0. The minimum absolute atomic E-state index is 0.266. The molecular formula is C13H16N4O2S. The SMILES string of the molecule is CCOC(=O)C1=C2CNCCN2C(c2nccs2)=NC1. The van der Waals surface area contributed by atoms with E-state index in [2.05, 4.69) is 20.2 Å². The molecule has 1 fully saturated rings. The molecule has 3 heterocycles. The van der Waals surface area contributed by atoms with Gasteiger partial charge in [-0.05, 0) is 6.92 Å². The number of thiazole rings is 1. The molecule has 0 unspecified atom stereocenters. The van der Waals surface area contributed by atoms with Gasteiger partial charge in [0.05, 0.1) is 18.7 Å². The van der Waals surface area contributed by atoms with Gasteiger partial charge in [0.15, 0.2) is 10.8 Å². The highest BCUT2D eigenvalue weighted by atomic mass is 32.1. The number of carbonyl (C=O) groups excluding carboxylic acids is 1. The largest absolute Gasteiger partial charge is 0.463 e. The van der Waals surface area contributed by atoms with Crippen LogP contribution < -0.4 is 5.32 Å². The first-order valence-corrected chi connectivity index (χ1v) is 7.51. The lowest BCUT2D eigenvalue weighted by Gasteiger charge is -2.36. The first-order chi connectivity index (χ1) is 9.81. The zero-order valence-corrected chi connectivity index (χ0v) is 12.1. The van der Waals surface area contributed by atoms with Gasteiger partial charge < -0.3 is 15.0 Å². The third-order valence-corrected chi connectivity index (χ3v) is 4.04. The Labute approximate surface area is 121 Å². The molecule has 1 saturated heterocycles. The van der Waals surface area contributed by atoms with Gasteiger partial charge in [-0.25, -0.2) is 9.78 Å².